The molecule has 1 aromatic heterocycles. The van der Waals surface area contributed by atoms with Crippen LogP contribution in [-0.4, -0.2) is 11.0 Å². The number of amides is 1. The third-order valence-corrected chi connectivity index (χ3v) is 7.97. The molecule has 6 heteroatoms. The minimum atomic E-state index is -0.485. The zero-order chi connectivity index (χ0) is 24.3. The Balaban J connectivity index is 1.53. The molecule has 2 aromatic carbocycles. The van der Waals surface area contributed by atoms with Gasteiger partial charge in [0.1, 0.15) is 11.1 Å². The van der Waals surface area contributed by atoms with Crippen LogP contribution in [0.3, 0.4) is 0 Å². The molecule has 0 spiro atoms. The monoisotopic (exact) mass is 487 g/mol. The summed E-state index contributed by atoms with van der Waals surface area (Å²) < 4.78 is 0. The Morgan fingerprint density at radius 1 is 1.09 bits per heavy atom. The molecular formula is C28H29N3OS2. The summed E-state index contributed by atoms with van der Waals surface area (Å²) in [6.07, 6.45) is 2.96. The number of nitriles is 1. The fraction of sp³-hybridized carbons (Fsp3) is 0.321. The molecule has 0 bridgehead atoms. The molecule has 34 heavy (non-hydrogen) atoms. The molecule has 0 aliphatic heterocycles. The molecule has 0 unspecified atom stereocenters. The summed E-state index contributed by atoms with van der Waals surface area (Å²) in [5.74, 6) is -0.105. The van der Waals surface area contributed by atoms with Crippen molar-refractivity contribution in [3.05, 3.63) is 87.8 Å². The van der Waals surface area contributed by atoms with Crippen molar-refractivity contribution >= 4 is 39.6 Å². The summed E-state index contributed by atoms with van der Waals surface area (Å²) in [4.78, 5) is 14.6. The van der Waals surface area contributed by atoms with E-state index in [0.29, 0.717) is 11.5 Å². The first kappa shape index (κ1) is 24.1. The largest absolute Gasteiger partial charge is 0.323 e. The van der Waals surface area contributed by atoms with Crippen LogP contribution in [0.4, 0.5) is 5.00 Å². The molecule has 2 N–H and O–H groups in total. The van der Waals surface area contributed by atoms with Crippen LogP contribution in [0.25, 0.3) is 0 Å². The van der Waals surface area contributed by atoms with E-state index < -0.39 is 5.92 Å². The van der Waals surface area contributed by atoms with Crippen molar-refractivity contribution in [1.29, 1.82) is 5.26 Å². The maximum atomic E-state index is 13.3. The van der Waals surface area contributed by atoms with Crippen LogP contribution < -0.4 is 10.6 Å². The number of rotatable bonds is 4. The summed E-state index contributed by atoms with van der Waals surface area (Å²) in [5.41, 5.74) is 3.82. The summed E-state index contributed by atoms with van der Waals surface area (Å²) in [5, 5.41) is 16.8. The van der Waals surface area contributed by atoms with Gasteiger partial charge >= 0.3 is 0 Å². The maximum absolute atomic E-state index is 13.3. The Kier molecular flexibility index (Phi) is 7.16. The minimum absolute atomic E-state index is 0.206. The van der Waals surface area contributed by atoms with Crippen LogP contribution in [0.5, 0.6) is 0 Å². The Hall–Kier alpha value is -3.01. The average Bonchev–Trinajstić information content (AvgIpc) is 3.16. The van der Waals surface area contributed by atoms with Crippen LogP contribution in [0.1, 0.15) is 60.2 Å². The third-order valence-electron chi connectivity index (χ3n) is 6.59. The van der Waals surface area contributed by atoms with Crippen molar-refractivity contribution in [2.24, 2.45) is 11.3 Å². The van der Waals surface area contributed by atoms with Gasteiger partial charge in [-0.1, -0.05) is 81.4 Å². The predicted octanol–water partition coefficient (Wildman–Crippen LogP) is 6.42. The molecule has 1 heterocycles. The van der Waals surface area contributed by atoms with E-state index in [1.54, 1.807) is 11.3 Å². The lowest BCUT2D eigenvalue weighted by Gasteiger charge is -2.33. The molecule has 1 amide bonds. The van der Waals surface area contributed by atoms with E-state index in [9.17, 15) is 10.1 Å². The minimum Gasteiger partial charge on any atom is -0.323 e. The van der Waals surface area contributed by atoms with Crippen LogP contribution in [0.2, 0.25) is 0 Å². The van der Waals surface area contributed by atoms with Crippen molar-refractivity contribution in [3.63, 3.8) is 0 Å². The number of carbonyl (C=O) groups is 1. The van der Waals surface area contributed by atoms with Gasteiger partial charge in [-0.25, -0.2) is 0 Å². The average molecular weight is 488 g/mol. The molecule has 1 aliphatic carbocycles. The van der Waals surface area contributed by atoms with E-state index in [0.717, 1.165) is 41.0 Å². The third kappa shape index (κ3) is 5.22. The van der Waals surface area contributed by atoms with Gasteiger partial charge in [0.2, 0.25) is 5.91 Å². The van der Waals surface area contributed by atoms with Crippen LogP contribution in [-0.2, 0) is 17.6 Å². The van der Waals surface area contributed by atoms with E-state index in [1.165, 1.54) is 4.88 Å². The highest BCUT2D eigenvalue weighted by molar-refractivity contribution is 7.80. The van der Waals surface area contributed by atoms with Gasteiger partial charge in [0.25, 0.3) is 0 Å². The summed E-state index contributed by atoms with van der Waals surface area (Å²) >= 11 is 7.11. The van der Waals surface area contributed by atoms with Gasteiger partial charge in [0.15, 0.2) is 5.11 Å². The van der Waals surface area contributed by atoms with E-state index in [1.807, 2.05) is 60.7 Å². The smallest absolute Gasteiger partial charge is 0.238 e. The molecule has 0 radical (unpaired) electrons. The Labute approximate surface area is 211 Å². The Bertz CT molecular complexity index is 1180. The quantitative estimate of drug-likeness (QED) is 0.417. The topological polar surface area (TPSA) is 64.9 Å². The van der Waals surface area contributed by atoms with E-state index in [-0.39, 0.29) is 16.4 Å². The first-order chi connectivity index (χ1) is 16.3. The normalized spacial score (nSPS) is 15.3. The van der Waals surface area contributed by atoms with Gasteiger partial charge in [-0.15, -0.1) is 11.3 Å². The highest BCUT2D eigenvalue weighted by Gasteiger charge is 2.32. The van der Waals surface area contributed by atoms with Crippen molar-refractivity contribution < 1.29 is 4.79 Å². The number of carbonyl (C=O) groups excluding carboxylic acids is 1. The van der Waals surface area contributed by atoms with Crippen molar-refractivity contribution in [3.8, 4) is 6.07 Å². The number of thiophene rings is 1. The first-order valence-corrected chi connectivity index (χ1v) is 12.8. The van der Waals surface area contributed by atoms with Crippen molar-refractivity contribution in [2.75, 3.05) is 5.32 Å². The Morgan fingerprint density at radius 3 is 2.21 bits per heavy atom. The van der Waals surface area contributed by atoms with E-state index in [4.69, 9.17) is 12.2 Å². The molecule has 4 nitrogen and oxygen atoms in total. The molecule has 174 valence electrons. The molecule has 0 saturated carbocycles. The second kappa shape index (κ2) is 10.1. The number of anilines is 1. The van der Waals surface area contributed by atoms with E-state index >= 15 is 0 Å². The number of nitrogens with zero attached hydrogens (tertiary/aromatic N) is 1. The van der Waals surface area contributed by atoms with Crippen LogP contribution >= 0.6 is 23.6 Å². The molecule has 1 aliphatic rings. The number of hydrogen-bond acceptors (Lipinski definition) is 4. The van der Waals surface area contributed by atoms with Gasteiger partial charge < -0.3 is 10.6 Å². The van der Waals surface area contributed by atoms with Crippen LogP contribution in [0.15, 0.2) is 60.7 Å². The number of fused-ring (bicyclic) bond motifs is 1. The molecule has 0 saturated heterocycles. The number of nitrogens with one attached hydrogen (secondary N) is 2. The van der Waals surface area contributed by atoms with Gasteiger partial charge in [-0.3, -0.25) is 4.79 Å². The van der Waals surface area contributed by atoms with Gasteiger partial charge in [-0.05, 0) is 59.5 Å². The zero-order valence-electron chi connectivity index (χ0n) is 19.7. The highest BCUT2D eigenvalue weighted by atomic mass is 32.1. The molecule has 0 fully saturated rings. The number of hydrogen-bond donors (Lipinski definition) is 2. The number of benzene rings is 2. The molecule has 1 atom stereocenters. The lowest BCUT2D eigenvalue weighted by molar-refractivity contribution is -0.120. The Morgan fingerprint density at radius 2 is 1.68 bits per heavy atom. The molecule has 3 aromatic rings. The first-order valence-electron chi connectivity index (χ1n) is 11.5. The molecular weight excluding hydrogens is 458 g/mol. The van der Waals surface area contributed by atoms with Crippen molar-refractivity contribution in [2.45, 2.75) is 46.0 Å². The lowest BCUT2D eigenvalue weighted by Crippen LogP contribution is -2.37. The fourth-order valence-electron chi connectivity index (χ4n) is 4.64. The maximum Gasteiger partial charge on any atom is 0.238 e. The molecule has 4 rings (SSSR count). The summed E-state index contributed by atoms with van der Waals surface area (Å²) in [7, 11) is 0. The fourth-order valence-corrected chi connectivity index (χ4v) is 6.19. The van der Waals surface area contributed by atoms with E-state index in [2.05, 4.69) is 37.5 Å². The van der Waals surface area contributed by atoms with Gasteiger partial charge in [-0.2, -0.15) is 5.26 Å². The highest BCUT2D eigenvalue weighted by Crippen LogP contribution is 2.44. The number of thiocarbonyl (C=S) groups is 1. The van der Waals surface area contributed by atoms with Crippen LogP contribution in [0, 0.1) is 22.7 Å². The second-order valence-electron chi connectivity index (χ2n) is 9.82. The predicted molar refractivity (Wildman–Crippen MR) is 143 cm³/mol. The second-order valence-corrected chi connectivity index (χ2v) is 11.3. The standard InChI is InChI=1S/C28H29N3OS2/c1-28(2,3)20-14-15-21-22(17-29)26(34-23(21)16-20)31-27(33)30-25(32)24(18-10-6-4-7-11-18)19-12-8-5-9-13-19/h4-13,20,24H,14-16H2,1-3H3,(H2,30,31,32,33)/t20-/m1/s1. The summed E-state index contributed by atoms with van der Waals surface area (Å²) in [6.45, 7) is 6.84. The SMILES string of the molecule is CC(C)(C)[C@@H]1CCc2c(sc(NC(=S)NC(=O)C(c3ccccc3)c3ccccc3)c2C#N)C1. The summed E-state index contributed by atoms with van der Waals surface area (Å²) in [6, 6.07) is 21.7. The lowest BCUT2D eigenvalue weighted by atomic mass is 9.72. The zero-order valence-corrected chi connectivity index (χ0v) is 21.4. The van der Waals surface area contributed by atoms with Gasteiger partial charge in [0, 0.05) is 4.88 Å². The van der Waals surface area contributed by atoms with Gasteiger partial charge in [0.05, 0.1) is 11.5 Å². The van der Waals surface area contributed by atoms with Crippen molar-refractivity contribution in [1.82, 2.24) is 5.32 Å².